The molecular formula is C19H25N3O2. The highest BCUT2D eigenvalue weighted by Crippen LogP contribution is 2.33. The molecule has 2 N–H and O–H groups in total. The largest absolute Gasteiger partial charge is 0.467 e. The minimum atomic E-state index is -0.0724. The van der Waals surface area contributed by atoms with E-state index in [1.165, 1.54) is 11.3 Å². The Labute approximate surface area is 143 Å². The number of furan rings is 1. The van der Waals surface area contributed by atoms with Gasteiger partial charge in [0.05, 0.1) is 18.4 Å². The number of carbonyl (C=O) groups is 1. The summed E-state index contributed by atoms with van der Waals surface area (Å²) in [6, 6.07) is 10.6. The fraction of sp³-hybridized carbons (Fsp3) is 0.421. The molecule has 1 amide bonds. The molecule has 1 aliphatic rings. The van der Waals surface area contributed by atoms with Gasteiger partial charge >= 0.3 is 0 Å². The monoisotopic (exact) mass is 327 g/mol. The normalized spacial score (nSPS) is 16.2. The van der Waals surface area contributed by atoms with Gasteiger partial charge in [-0.1, -0.05) is 25.1 Å². The first-order chi connectivity index (χ1) is 11.7. The summed E-state index contributed by atoms with van der Waals surface area (Å²) in [5.74, 6) is 0.649. The summed E-state index contributed by atoms with van der Waals surface area (Å²) < 4.78 is 5.62. The average molecular weight is 327 g/mol. The van der Waals surface area contributed by atoms with Crippen molar-refractivity contribution in [2.45, 2.75) is 32.9 Å². The number of amides is 1. The fourth-order valence-corrected chi connectivity index (χ4v) is 3.23. The summed E-state index contributed by atoms with van der Waals surface area (Å²) >= 11 is 0. The van der Waals surface area contributed by atoms with Gasteiger partial charge in [-0.05, 0) is 37.6 Å². The second-order valence-electron chi connectivity index (χ2n) is 6.18. The predicted octanol–water partition coefficient (Wildman–Crippen LogP) is 2.57. The van der Waals surface area contributed by atoms with Crippen molar-refractivity contribution in [3.05, 3.63) is 53.5 Å². The Morgan fingerprint density at radius 1 is 1.29 bits per heavy atom. The highest BCUT2D eigenvalue weighted by molar-refractivity contribution is 5.95. The standard InChI is InChI=1S/C19H25N3O2/c1-3-20-9-10-21-19(23)16-8-11-24-18(16)13-22-14(2)12-15-6-4-5-7-17(15)22/h4-8,11,14,20H,3,9-10,12-13H2,1-2H3,(H,21,23). The van der Waals surface area contributed by atoms with E-state index in [0.717, 1.165) is 25.3 Å². The van der Waals surface area contributed by atoms with Crippen LogP contribution in [-0.2, 0) is 13.0 Å². The van der Waals surface area contributed by atoms with Crippen LogP contribution in [0, 0.1) is 0 Å². The van der Waals surface area contributed by atoms with Crippen molar-refractivity contribution in [2.75, 3.05) is 24.5 Å². The van der Waals surface area contributed by atoms with Crippen molar-refractivity contribution < 1.29 is 9.21 Å². The number of rotatable bonds is 7. The average Bonchev–Trinajstić information content (AvgIpc) is 3.17. The molecule has 0 saturated carbocycles. The number of anilines is 1. The smallest absolute Gasteiger partial charge is 0.254 e. The van der Waals surface area contributed by atoms with Crippen LogP contribution in [0.1, 0.15) is 35.5 Å². The van der Waals surface area contributed by atoms with Gasteiger partial charge < -0.3 is 20.0 Å². The molecule has 1 aromatic carbocycles. The molecule has 0 aliphatic carbocycles. The third-order valence-electron chi connectivity index (χ3n) is 4.49. The van der Waals surface area contributed by atoms with Crippen molar-refractivity contribution in [3.8, 4) is 0 Å². The van der Waals surface area contributed by atoms with Crippen molar-refractivity contribution in [2.24, 2.45) is 0 Å². The van der Waals surface area contributed by atoms with Crippen LogP contribution >= 0.6 is 0 Å². The summed E-state index contributed by atoms with van der Waals surface area (Å²) in [5, 5.41) is 6.13. The molecule has 1 aliphatic heterocycles. The van der Waals surface area contributed by atoms with Gasteiger partial charge in [0.1, 0.15) is 5.76 Å². The third-order valence-corrected chi connectivity index (χ3v) is 4.49. The van der Waals surface area contributed by atoms with E-state index < -0.39 is 0 Å². The molecule has 0 spiro atoms. The maximum atomic E-state index is 12.4. The Bertz CT molecular complexity index is 695. The van der Waals surface area contributed by atoms with Gasteiger partial charge in [-0.15, -0.1) is 0 Å². The summed E-state index contributed by atoms with van der Waals surface area (Å²) in [6.45, 7) is 7.15. The lowest BCUT2D eigenvalue weighted by atomic mass is 10.1. The molecule has 1 atom stereocenters. The van der Waals surface area contributed by atoms with Crippen LogP contribution in [0.3, 0.4) is 0 Å². The lowest BCUT2D eigenvalue weighted by molar-refractivity contribution is 0.0952. The molecule has 0 fully saturated rings. The van der Waals surface area contributed by atoms with Gasteiger partial charge in [-0.3, -0.25) is 4.79 Å². The van der Waals surface area contributed by atoms with Gasteiger partial charge in [0.15, 0.2) is 0 Å². The molecule has 5 heteroatoms. The van der Waals surface area contributed by atoms with E-state index in [9.17, 15) is 4.79 Å². The molecule has 128 valence electrons. The number of nitrogens with one attached hydrogen (secondary N) is 2. The summed E-state index contributed by atoms with van der Waals surface area (Å²) in [6.07, 6.45) is 2.63. The fourth-order valence-electron chi connectivity index (χ4n) is 3.23. The molecule has 24 heavy (non-hydrogen) atoms. The minimum absolute atomic E-state index is 0.0724. The molecule has 0 bridgehead atoms. The van der Waals surface area contributed by atoms with E-state index >= 15 is 0 Å². The molecule has 0 saturated heterocycles. The topological polar surface area (TPSA) is 57.5 Å². The van der Waals surface area contributed by atoms with Crippen LogP contribution in [0.2, 0.25) is 0 Å². The van der Waals surface area contributed by atoms with Crippen molar-refractivity contribution in [1.82, 2.24) is 10.6 Å². The van der Waals surface area contributed by atoms with Crippen LogP contribution in [0.4, 0.5) is 5.69 Å². The van der Waals surface area contributed by atoms with E-state index in [1.54, 1.807) is 12.3 Å². The van der Waals surface area contributed by atoms with Gasteiger partial charge in [-0.2, -0.15) is 0 Å². The van der Waals surface area contributed by atoms with Crippen molar-refractivity contribution in [3.63, 3.8) is 0 Å². The maximum Gasteiger partial charge on any atom is 0.254 e. The first kappa shape index (κ1) is 16.6. The Hall–Kier alpha value is -2.27. The summed E-state index contributed by atoms with van der Waals surface area (Å²) in [7, 11) is 0. The molecule has 0 radical (unpaired) electrons. The Morgan fingerprint density at radius 3 is 2.96 bits per heavy atom. The number of likely N-dealkylation sites (N-methyl/N-ethyl adjacent to an activating group) is 1. The van der Waals surface area contributed by atoms with E-state index in [4.69, 9.17) is 4.42 Å². The lowest BCUT2D eigenvalue weighted by Crippen LogP contribution is -2.33. The lowest BCUT2D eigenvalue weighted by Gasteiger charge is -2.24. The van der Waals surface area contributed by atoms with E-state index in [2.05, 4.69) is 46.7 Å². The summed E-state index contributed by atoms with van der Waals surface area (Å²) in [5.41, 5.74) is 3.22. The van der Waals surface area contributed by atoms with Crippen LogP contribution in [0.5, 0.6) is 0 Å². The second-order valence-corrected chi connectivity index (χ2v) is 6.18. The number of fused-ring (bicyclic) bond motifs is 1. The Morgan fingerprint density at radius 2 is 2.12 bits per heavy atom. The number of hydrogen-bond donors (Lipinski definition) is 2. The molecule has 1 aromatic heterocycles. The molecule has 5 nitrogen and oxygen atoms in total. The second kappa shape index (κ2) is 7.53. The predicted molar refractivity (Wildman–Crippen MR) is 95.4 cm³/mol. The van der Waals surface area contributed by atoms with Crippen LogP contribution < -0.4 is 15.5 Å². The van der Waals surface area contributed by atoms with Crippen LogP contribution in [-0.4, -0.2) is 31.6 Å². The summed E-state index contributed by atoms with van der Waals surface area (Å²) in [4.78, 5) is 14.7. The molecule has 3 rings (SSSR count). The van der Waals surface area contributed by atoms with E-state index in [-0.39, 0.29) is 5.91 Å². The zero-order valence-electron chi connectivity index (χ0n) is 14.3. The number of benzene rings is 1. The number of nitrogens with zero attached hydrogens (tertiary/aromatic N) is 1. The molecular weight excluding hydrogens is 302 g/mol. The third kappa shape index (κ3) is 3.46. The van der Waals surface area contributed by atoms with Crippen molar-refractivity contribution in [1.29, 1.82) is 0 Å². The van der Waals surface area contributed by atoms with Crippen LogP contribution in [0.15, 0.2) is 41.0 Å². The number of para-hydroxylation sites is 1. The van der Waals surface area contributed by atoms with Gasteiger partial charge in [0, 0.05) is 24.8 Å². The van der Waals surface area contributed by atoms with E-state index in [0.29, 0.717) is 24.7 Å². The minimum Gasteiger partial charge on any atom is -0.467 e. The molecule has 2 aromatic rings. The van der Waals surface area contributed by atoms with Crippen molar-refractivity contribution >= 4 is 11.6 Å². The van der Waals surface area contributed by atoms with Crippen LogP contribution in [0.25, 0.3) is 0 Å². The first-order valence-electron chi connectivity index (χ1n) is 8.60. The maximum absolute atomic E-state index is 12.4. The Kier molecular flexibility index (Phi) is 5.20. The number of carbonyl (C=O) groups excluding carboxylic acids is 1. The Balaban J connectivity index is 1.69. The molecule has 1 unspecified atom stereocenters. The van der Waals surface area contributed by atoms with Gasteiger partial charge in [0.25, 0.3) is 5.91 Å². The molecule has 2 heterocycles. The number of hydrogen-bond acceptors (Lipinski definition) is 4. The van der Waals surface area contributed by atoms with Gasteiger partial charge in [0.2, 0.25) is 0 Å². The highest BCUT2D eigenvalue weighted by Gasteiger charge is 2.27. The SMILES string of the molecule is CCNCCNC(=O)c1ccoc1CN1c2ccccc2CC1C. The zero-order chi connectivity index (χ0) is 16.9. The first-order valence-corrected chi connectivity index (χ1v) is 8.60. The zero-order valence-corrected chi connectivity index (χ0v) is 14.3. The van der Waals surface area contributed by atoms with Gasteiger partial charge in [-0.25, -0.2) is 0 Å². The highest BCUT2D eigenvalue weighted by atomic mass is 16.3. The quantitative estimate of drug-likeness (QED) is 0.768. The van der Waals surface area contributed by atoms with E-state index in [1.807, 2.05) is 6.92 Å².